The zero-order chi connectivity index (χ0) is 16.4. The van der Waals surface area contributed by atoms with Crippen molar-refractivity contribution >= 4 is 5.91 Å². The van der Waals surface area contributed by atoms with Crippen LogP contribution in [0, 0.1) is 5.41 Å². The third kappa shape index (κ3) is 3.80. The monoisotopic (exact) mass is 315 g/mol. The number of carbonyl (C=O) groups is 1. The van der Waals surface area contributed by atoms with Crippen LogP contribution in [0.3, 0.4) is 0 Å². The van der Waals surface area contributed by atoms with Gasteiger partial charge in [-0.2, -0.15) is 13.2 Å². The Hall–Kier alpha value is -1.56. The maximum atomic E-state index is 12.7. The number of ether oxygens (including phenoxy) is 1. The van der Waals surface area contributed by atoms with Gasteiger partial charge in [0.1, 0.15) is 0 Å². The summed E-state index contributed by atoms with van der Waals surface area (Å²) in [6.45, 7) is 3.14. The van der Waals surface area contributed by atoms with Crippen LogP contribution in [0.15, 0.2) is 24.3 Å². The molecule has 0 saturated carbocycles. The van der Waals surface area contributed by atoms with Crippen LogP contribution in [0.25, 0.3) is 0 Å². The number of nitrogens with zero attached hydrogens (tertiary/aromatic N) is 1. The van der Waals surface area contributed by atoms with Crippen molar-refractivity contribution in [2.24, 2.45) is 5.41 Å². The fourth-order valence-corrected chi connectivity index (χ4v) is 2.69. The fourth-order valence-electron chi connectivity index (χ4n) is 2.69. The van der Waals surface area contributed by atoms with Crippen LogP contribution < -0.4 is 0 Å². The summed E-state index contributed by atoms with van der Waals surface area (Å²) in [6.07, 6.45) is -3.09. The topological polar surface area (TPSA) is 29.5 Å². The van der Waals surface area contributed by atoms with Gasteiger partial charge in [-0.05, 0) is 30.5 Å². The summed E-state index contributed by atoms with van der Waals surface area (Å²) in [5.41, 5.74) is -0.710. The molecule has 6 heteroatoms. The van der Waals surface area contributed by atoms with Crippen molar-refractivity contribution in [1.82, 2.24) is 4.90 Å². The Morgan fingerprint density at radius 3 is 2.55 bits per heavy atom. The minimum Gasteiger partial charge on any atom is -0.381 e. The summed E-state index contributed by atoms with van der Waals surface area (Å²) in [6, 6.07) is 5.10. The van der Waals surface area contributed by atoms with Crippen LogP contribution in [0.4, 0.5) is 13.2 Å². The van der Waals surface area contributed by atoms with Gasteiger partial charge in [-0.25, -0.2) is 0 Å². The van der Waals surface area contributed by atoms with E-state index in [1.165, 1.54) is 11.0 Å². The van der Waals surface area contributed by atoms with Gasteiger partial charge >= 0.3 is 6.18 Å². The molecule has 0 N–H and O–H groups in total. The van der Waals surface area contributed by atoms with Crippen molar-refractivity contribution in [1.29, 1.82) is 0 Å². The Balaban J connectivity index is 2.08. The van der Waals surface area contributed by atoms with Crippen LogP contribution in [0.5, 0.6) is 0 Å². The number of carbonyl (C=O) groups excluding carboxylic acids is 1. The number of rotatable bonds is 3. The van der Waals surface area contributed by atoms with E-state index in [0.29, 0.717) is 31.6 Å². The first-order valence-corrected chi connectivity index (χ1v) is 7.22. The number of hydrogen-bond acceptors (Lipinski definition) is 2. The fraction of sp³-hybridized carbons (Fsp3) is 0.562. The highest BCUT2D eigenvalue weighted by atomic mass is 19.4. The number of amides is 1. The predicted molar refractivity (Wildman–Crippen MR) is 76.1 cm³/mol. The van der Waals surface area contributed by atoms with Crippen LogP contribution in [-0.4, -0.2) is 31.1 Å². The Kier molecular flexibility index (Phi) is 4.80. The molecule has 0 aliphatic carbocycles. The van der Waals surface area contributed by atoms with E-state index in [9.17, 15) is 18.0 Å². The molecule has 1 fully saturated rings. The summed E-state index contributed by atoms with van der Waals surface area (Å²) >= 11 is 0. The predicted octanol–water partition coefficient (Wildman–Crippen LogP) is 3.48. The number of halogens is 3. The quantitative estimate of drug-likeness (QED) is 0.854. The summed E-state index contributed by atoms with van der Waals surface area (Å²) in [7, 11) is 1.63. The smallest absolute Gasteiger partial charge is 0.381 e. The van der Waals surface area contributed by atoms with Crippen molar-refractivity contribution in [3.05, 3.63) is 35.4 Å². The van der Waals surface area contributed by atoms with E-state index in [1.807, 2.05) is 6.92 Å². The lowest BCUT2D eigenvalue weighted by molar-refractivity contribution is -0.145. The molecular formula is C16H20F3NO2. The summed E-state index contributed by atoms with van der Waals surface area (Å²) in [5.74, 6) is -0.0480. The molecule has 0 unspecified atom stereocenters. The minimum atomic E-state index is -4.37. The number of benzene rings is 1. The van der Waals surface area contributed by atoms with E-state index < -0.39 is 17.2 Å². The minimum absolute atomic E-state index is 0.0480. The lowest BCUT2D eigenvalue weighted by Crippen LogP contribution is -2.43. The van der Waals surface area contributed by atoms with Crippen molar-refractivity contribution in [2.45, 2.75) is 32.5 Å². The molecule has 1 amide bonds. The first-order chi connectivity index (χ1) is 10.2. The molecule has 2 rings (SSSR count). The molecule has 1 aliphatic rings. The molecule has 22 heavy (non-hydrogen) atoms. The van der Waals surface area contributed by atoms with Crippen molar-refractivity contribution < 1.29 is 22.7 Å². The molecular weight excluding hydrogens is 295 g/mol. The van der Waals surface area contributed by atoms with Gasteiger partial charge in [-0.1, -0.05) is 19.1 Å². The summed E-state index contributed by atoms with van der Waals surface area (Å²) in [4.78, 5) is 14.1. The Morgan fingerprint density at radius 1 is 1.32 bits per heavy atom. The maximum absolute atomic E-state index is 12.7. The molecule has 122 valence electrons. The van der Waals surface area contributed by atoms with Gasteiger partial charge in [0.2, 0.25) is 5.91 Å². The van der Waals surface area contributed by atoms with E-state index in [4.69, 9.17) is 4.74 Å². The van der Waals surface area contributed by atoms with Crippen LogP contribution >= 0.6 is 0 Å². The maximum Gasteiger partial charge on any atom is 0.416 e. The molecule has 1 saturated heterocycles. The highest BCUT2D eigenvalue weighted by molar-refractivity contribution is 5.82. The van der Waals surface area contributed by atoms with Crippen molar-refractivity contribution in [3.8, 4) is 0 Å². The van der Waals surface area contributed by atoms with Crippen LogP contribution in [0.2, 0.25) is 0 Å². The van der Waals surface area contributed by atoms with E-state index in [1.54, 1.807) is 13.1 Å². The molecule has 0 bridgehead atoms. The van der Waals surface area contributed by atoms with Crippen molar-refractivity contribution in [3.63, 3.8) is 0 Å². The average molecular weight is 315 g/mol. The molecule has 0 aromatic heterocycles. The van der Waals surface area contributed by atoms with E-state index in [-0.39, 0.29) is 12.5 Å². The Labute approximate surface area is 128 Å². The molecule has 3 nitrogen and oxygen atoms in total. The van der Waals surface area contributed by atoms with Gasteiger partial charge in [0, 0.05) is 26.8 Å². The van der Waals surface area contributed by atoms with Gasteiger partial charge in [0.25, 0.3) is 0 Å². The van der Waals surface area contributed by atoms with Gasteiger partial charge in [-0.15, -0.1) is 0 Å². The Morgan fingerprint density at radius 2 is 1.95 bits per heavy atom. The van der Waals surface area contributed by atoms with Crippen molar-refractivity contribution in [2.75, 3.05) is 20.3 Å². The third-order valence-corrected chi connectivity index (χ3v) is 4.13. The molecule has 0 atom stereocenters. The van der Waals surface area contributed by atoms with Gasteiger partial charge < -0.3 is 9.64 Å². The highest BCUT2D eigenvalue weighted by Gasteiger charge is 2.37. The lowest BCUT2D eigenvalue weighted by atomic mass is 9.81. The molecule has 1 heterocycles. The molecule has 1 aliphatic heterocycles. The largest absolute Gasteiger partial charge is 0.416 e. The zero-order valence-electron chi connectivity index (χ0n) is 12.7. The van der Waals surface area contributed by atoms with E-state index >= 15 is 0 Å². The second kappa shape index (κ2) is 6.28. The van der Waals surface area contributed by atoms with Gasteiger partial charge in [0.05, 0.1) is 11.0 Å². The van der Waals surface area contributed by atoms with Gasteiger partial charge in [-0.3, -0.25) is 4.79 Å². The summed E-state index contributed by atoms with van der Waals surface area (Å²) < 4.78 is 43.4. The van der Waals surface area contributed by atoms with Gasteiger partial charge in [0.15, 0.2) is 0 Å². The SMILES string of the molecule is CN(Cc1cccc(C(F)(F)F)c1)C(=O)C1(C)CCOCC1. The zero-order valence-corrected chi connectivity index (χ0v) is 12.7. The summed E-state index contributed by atoms with van der Waals surface area (Å²) in [5, 5.41) is 0. The van der Waals surface area contributed by atoms with E-state index in [2.05, 4.69) is 0 Å². The molecule has 0 radical (unpaired) electrons. The first kappa shape index (κ1) is 16.8. The normalized spacial score (nSPS) is 18.0. The third-order valence-electron chi connectivity index (χ3n) is 4.13. The van der Waals surface area contributed by atoms with Crippen LogP contribution in [-0.2, 0) is 22.3 Å². The lowest BCUT2D eigenvalue weighted by Gasteiger charge is -2.35. The van der Waals surface area contributed by atoms with E-state index in [0.717, 1.165) is 12.1 Å². The second-order valence-corrected chi connectivity index (χ2v) is 6.03. The first-order valence-electron chi connectivity index (χ1n) is 7.22. The molecule has 1 aromatic rings. The second-order valence-electron chi connectivity index (χ2n) is 6.03. The number of hydrogen-bond donors (Lipinski definition) is 0. The van der Waals surface area contributed by atoms with Crippen LogP contribution in [0.1, 0.15) is 30.9 Å². The highest BCUT2D eigenvalue weighted by Crippen LogP contribution is 2.33. The standard InChI is InChI=1S/C16H20F3NO2/c1-15(6-8-22-9-7-15)14(21)20(2)11-12-4-3-5-13(10-12)16(17,18)19/h3-5,10H,6-9,11H2,1-2H3. The average Bonchev–Trinajstić information content (AvgIpc) is 2.46. The molecule has 0 spiro atoms. The number of alkyl halides is 3. The Bertz CT molecular complexity index is 536. The molecule has 1 aromatic carbocycles.